The second-order valence-electron chi connectivity index (χ2n) is 5.13. The fraction of sp³-hybridized carbons (Fsp3) is 0.909. The Hall–Kier alpha value is -0.330. The summed E-state index contributed by atoms with van der Waals surface area (Å²) in [6.45, 7) is 6.85. The van der Waals surface area contributed by atoms with E-state index in [0.717, 1.165) is 25.0 Å². The van der Waals surface area contributed by atoms with Gasteiger partial charge in [0.1, 0.15) is 6.29 Å². The zero-order chi connectivity index (χ0) is 9.19. The summed E-state index contributed by atoms with van der Waals surface area (Å²) < 4.78 is 0. The highest BCUT2D eigenvalue weighted by atomic mass is 16.1. The second kappa shape index (κ2) is 3.59. The van der Waals surface area contributed by atoms with E-state index in [0.29, 0.717) is 11.3 Å². The molecule has 0 saturated heterocycles. The maximum absolute atomic E-state index is 10.6. The van der Waals surface area contributed by atoms with Crippen molar-refractivity contribution in [3.63, 3.8) is 0 Å². The van der Waals surface area contributed by atoms with Crippen molar-refractivity contribution in [3.05, 3.63) is 0 Å². The van der Waals surface area contributed by atoms with Crippen LogP contribution in [-0.4, -0.2) is 6.29 Å². The van der Waals surface area contributed by atoms with Crippen LogP contribution in [0.5, 0.6) is 0 Å². The summed E-state index contributed by atoms with van der Waals surface area (Å²) >= 11 is 0. The maximum Gasteiger partial charge on any atom is 0.123 e. The van der Waals surface area contributed by atoms with Gasteiger partial charge in [0.2, 0.25) is 0 Å². The van der Waals surface area contributed by atoms with Crippen LogP contribution in [0.1, 0.15) is 46.5 Å². The third-order valence-electron chi connectivity index (χ3n) is 3.13. The van der Waals surface area contributed by atoms with E-state index in [1.54, 1.807) is 0 Å². The van der Waals surface area contributed by atoms with E-state index in [1.807, 2.05) is 0 Å². The van der Waals surface area contributed by atoms with E-state index in [1.165, 1.54) is 12.8 Å². The SMILES string of the molecule is CC(C)(C)C1CCCC(C=O)C1. The Morgan fingerprint density at radius 2 is 1.92 bits per heavy atom. The molecule has 70 valence electrons. The van der Waals surface area contributed by atoms with Gasteiger partial charge in [0.15, 0.2) is 0 Å². The van der Waals surface area contributed by atoms with Crippen LogP contribution in [0.4, 0.5) is 0 Å². The molecular weight excluding hydrogens is 148 g/mol. The molecule has 1 aliphatic rings. The number of aldehydes is 1. The molecule has 1 aliphatic carbocycles. The van der Waals surface area contributed by atoms with Crippen LogP contribution in [0.15, 0.2) is 0 Å². The standard InChI is InChI=1S/C11H20O/c1-11(2,3)10-6-4-5-9(7-10)8-12/h8-10H,4-7H2,1-3H3. The van der Waals surface area contributed by atoms with E-state index in [4.69, 9.17) is 0 Å². The fourth-order valence-electron chi connectivity index (χ4n) is 2.14. The highest BCUT2D eigenvalue weighted by Crippen LogP contribution is 2.39. The topological polar surface area (TPSA) is 17.1 Å². The number of carbonyl (C=O) groups is 1. The van der Waals surface area contributed by atoms with Crippen LogP contribution in [0.3, 0.4) is 0 Å². The van der Waals surface area contributed by atoms with Gasteiger partial charge in [-0.1, -0.05) is 27.2 Å². The number of rotatable bonds is 1. The van der Waals surface area contributed by atoms with E-state index >= 15 is 0 Å². The third-order valence-corrected chi connectivity index (χ3v) is 3.13. The molecule has 0 aromatic rings. The molecule has 1 heteroatoms. The molecule has 0 N–H and O–H groups in total. The smallest absolute Gasteiger partial charge is 0.123 e. The lowest BCUT2D eigenvalue weighted by atomic mass is 9.69. The van der Waals surface area contributed by atoms with Gasteiger partial charge in [-0.15, -0.1) is 0 Å². The van der Waals surface area contributed by atoms with Crippen molar-refractivity contribution in [1.29, 1.82) is 0 Å². The summed E-state index contributed by atoms with van der Waals surface area (Å²) in [6, 6.07) is 0. The van der Waals surface area contributed by atoms with E-state index in [-0.39, 0.29) is 0 Å². The zero-order valence-electron chi connectivity index (χ0n) is 8.47. The Kier molecular flexibility index (Phi) is 2.92. The van der Waals surface area contributed by atoms with E-state index < -0.39 is 0 Å². The molecule has 0 amide bonds. The number of hydrogen-bond acceptors (Lipinski definition) is 1. The maximum atomic E-state index is 10.6. The molecule has 2 unspecified atom stereocenters. The summed E-state index contributed by atoms with van der Waals surface area (Å²) in [6.07, 6.45) is 5.94. The van der Waals surface area contributed by atoms with Crippen LogP contribution < -0.4 is 0 Å². The molecule has 1 saturated carbocycles. The molecule has 1 nitrogen and oxygen atoms in total. The van der Waals surface area contributed by atoms with Crippen molar-refractivity contribution in [2.45, 2.75) is 46.5 Å². The van der Waals surface area contributed by atoms with Gasteiger partial charge in [0, 0.05) is 5.92 Å². The quantitative estimate of drug-likeness (QED) is 0.550. The minimum absolute atomic E-state index is 0.350. The van der Waals surface area contributed by atoms with Crippen molar-refractivity contribution < 1.29 is 4.79 Å². The van der Waals surface area contributed by atoms with E-state index in [2.05, 4.69) is 20.8 Å². The Balaban J connectivity index is 2.51. The van der Waals surface area contributed by atoms with Gasteiger partial charge in [0.05, 0.1) is 0 Å². The van der Waals surface area contributed by atoms with Gasteiger partial charge < -0.3 is 4.79 Å². The lowest BCUT2D eigenvalue weighted by molar-refractivity contribution is -0.112. The predicted molar refractivity (Wildman–Crippen MR) is 51.0 cm³/mol. The third kappa shape index (κ3) is 2.33. The average Bonchev–Trinajstić information content (AvgIpc) is 2.03. The minimum atomic E-state index is 0.350. The highest BCUT2D eigenvalue weighted by Gasteiger charge is 2.30. The molecule has 0 radical (unpaired) electrons. The molecule has 1 rings (SSSR count). The summed E-state index contributed by atoms with van der Waals surface area (Å²) in [5, 5.41) is 0. The van der Waals surface area contributed by atoms with Gasteiger partial charge in [-0.25, -0.2) is 0 Å². The van der Waals surface area contributed by atoms with Crippen molar-refractivity contribution >= 4 is 6.29 Å². The minimum Gasteiger partial charge on any atom is -0.303 e. The van der Waals surface area contributed by atoms with Gasteiger partial charge in [-0.3, -0.25) is 0 Å². The average molecular weight is 168 g/mol. The molecule has 0 heterocycles. The first-order valence-electron chi connectivity index (χ1n) is 4.99. The Morgan fingerprint density at radius 1 is 1.25 bits per heavy atom. The van der Waals surface area contributed by atoms with E-state index in [9.17, 15) is 4.79 Å². The first-order valence-corrected chi connectivity index (χ1v) is 4.99. The van der Waals surface area contributed by atoms with Crippen LogP contribution >= 0.6 is 0 Å². The van der Waals surface area contributed by atoms with Crippen LogP contribution in [0.25, 0.3) is 0 Å². The van der Waals surface area contributed by atoms with Gasteiger partial charge >= 0.3 is 0 Å². The summed E-state index contributed by atoms with van der Waals surface area (Å²) in [7, 11) is 0. The number of hydrogen-bond donors (Lipinski definition) is 0. The van der Waals surface area contributed by atoms with Crippen molar-refractivity contribution in [2.75, 3.05) is 0 Å². The normalized spacial score (nSPS) is 31.6. The lowest BCUT2D eigenvalue weighted by Crippen LogP contribution is -2.27. The summed E-state index contributed by atoms with van der Waals surface area (Å²) in [5.74, 6) is 1.10. The van der Waals surface area contributed by atoms with Crippen molar-refractivity contribution in [1.82, 2.24) is 0 Å². The fourth-order valence-corrected chi connectivity index (χ4v) is 2.14. The van der Waals surface area contributed by atoms with Crippen LogP contribution in [0, 0.1) is 17.3 Å². The highest BCUT2D eigenvalue weighted by molar-refractivity contribution is 5.53. The van der Waals surface area contributed by atoms with Crippen LogP contribution in [0.2, 0.25) is 0 Å². The van der Waals surface area contributed by atoms with Crippen LogP contribution in [-0.2, 0) is 4.79 Å². The number of carbonyl (C=O) groups excluding carboxylic acids is 1. The molecule has 0 aromatic heterocycles. The molecule has 12 heavy (non-hydrogen) atoms. The molecule has 0 spiro atoms. The van der Waals surface area contributed by atoms with Gasteiger partial charge in [-0.2, -0.15) is 0 Å². The molecule has 1 fully saturated rings. The van der Waals surface area contributed by atoms with Crippen molar-refractivity contribution in [3.8, 4) is 0 Å². The largest absolute Gasteiger partial charge is 0.303 e. The summed E-state index contributed by atoms with van der Waals surface area (Å²) in [4.78, 5) is 10.6. The Labute approximate surface area is 75.5 Å². The molecule has 2 atom stereocenters. The molecule has 0 aromatic carbocycles. The monoisotopic (exact) mass is 168 g/mol. The Bertz CT molecular complexity index is 155. The predicted octanol–water partition coefficient (Wildman–Crippen LogP) is 3.04. The lowest BCUT2D eigenvalue weighted by Gasteiger charge is -2.36. The summed E-state index contributed by atoms with van der Waals surface area (Å²) in [5.41, 5.74) is 0.391. The molecular formula is C11H20O. The van der Waals surface area contributed by atoms with Crippen molar-refractivity contribution in [2.24, 2.45) is 17.3 Å². The first kappa shape index (κ1) is 9.76. The molecule has 0 bridgehead atoms. The van der Waals surface area contributed by atoms with Gasteiger partial charge in [-0.05, 0) is 30.6 Å². The first-order chi connectivity index (χ1) is 5.54. The second-order valence-corrected chi connectivity index (χ2v) is 5.13. The Morgan fingerprint density at radius 3 is 2.42 bits per heavy atom. The molecule has 0 aliphatic heterocycles. The van der Waals surface area contributed by atoms with Gasteiger partial charge in [0.25, 0.3) is 0 Å². The zero-order valence-corrected chi connectivity index (χ0v) is 8.47.